The average molecular weight is 778 g/mol. The molecule has 0 saturated heterocycles. The van der Waals surface area contributed by atoms with Crippen LogP contribution in [-0.2, 0) is 20.9 Å². The maximum absolute atomic E-state index is 14.4. The molecule has 6 unspecified atom stereocenters. The van der Waals surface area contributed by atoms with Crippen LogP contribution in [0.25, 0.3) is 0 Å². The van der Waals surface area contributed by atoms with Gasteiger partial charge in [-0.3, -0.25) is 4.90 Å². The van der Waals surface area contributed by atoms with Crippen molar-refractivity contribution in [2.24, 2.45) is 22.9 Å². The number of unbranched alkanes of at least 4 members (excludes halogenated alkanes) is 2. The van der Waals surface area contributed by atoms with Crippen LogP contribution < -0.4 is 14.8 Å². The topological polar surface area (TPSA) is 148 Å². The summed E-state index contributed by atoms with van der Waals surface area (Å²) < 4.78 is 39.8. The number of amides is 2. The number of halogens is 1. The molecule has 3 aliphatic rings. The van der Waals surface area contributed by atoms with Crippen LogP contribution in [0, 0.1) is 23.6 Å². The Bertz CT molecular complexity index is 1720. The predicted molar refractivity (Wildman–Crippen MR) is 210 cm³/mol. The zero-order valence-corrected chi connectivity index (χ0v) is 32.5. The normalized spacial score (nSPS) is 24.1. The first-order valence-electron chi connectivity index (χ1n) is 19.6. The number of rotatable bonds is 20. The Morgan fingerprint density at radius 3 is 2.50 bits per heavy atom. The monoisotopic (exact) mass is 777 g/mol. The number of fused-ring (bicyclic) bond motifs is 2. The van der Waals surface area contributed by atoms with Crippen molar-refractivity contribution in [2.75, 3.05) is 40.1 Å². The summed E-state index contributed by atoms with van der Waals surface area (Å²) in [6.45, 7) is 10.2. The number of ether oxygens (including phenoxy) is 4. The fourth-order valence-corrected chi connectivity index (χ4v) is 8.51. The number of aliphatic hydroxyl groups is 2. The van der Waals surface area contributed by atoms with Gasteiger partial charge >= 0.3 is 12.2 Å². The maximum Gasteiger partial charge on any atom is 0.412 e. The Morgan fingerprint density at radius 2 is 1.82 bits per heavy atom. The molecule has 1 fully saturated rings. The molecule has 5 rings (SSSR count). The van der Waals surface area contributed by atoms with Crippen LogP contribution in [0.3, 0.4) is 0 Å². The third-order valence-electron chi connectivity index (χ3n) is 10.8. The number of hydrogen-bond donors (Lipinski definition) is 3. The van der Waals surface area contributed by atoms with Gasteiger partial charge in [0, 0.05) is 44.2 Å². The minimum absolute atomic E-state index is 0.0188. The number of nitrogens with zero attached hydrogens (tertiary/aromatic N) is 2. The molecule has 2 aliphatic carbocycles. The van der Waals surface area contributed by atoms with Crippen molar-refractivity contribution < 1.29 is 48.0 Å². The Kier molecular flexibility index (Phi) is 15.5. The van der Waals surface area contributed by atoms with E-state index in [-0.39, 0.29) is 57.1 Å². The van der Waals surface area contributed by atoms with E-state index < -0.39 is 35.8 Å². The number of hydrogen-bond acceptors (Lipinski definition) is 10. The number of benzene rings is 2. The van der Waals surface area contributed by atoms with Crippen molar-refractivity contribution in [1.29, 1.82) is 0 Å². The molecule has 0 bridgehead atoms. The van der Waals surface area contributed by atoms with Gasteiger partial charge in [0.2, 0.25) is 5.79 Å². The molecule has 0 aromatic heterocycles. The van der Waals surface area contributed by atoms with E-state index in [0.717, 1.165) is 36.8 Å². The van der Waals surface area contributed by atoms with Gasteiger partial charge in [-0.15, -0.1) is 13.2 Å². The van der Waals surface area contributed by atoms with Crippen LogP contribution in [0.15, 0.2) is 84.6 Å². The summed E-state index contributed by atoms with van der Waals surface area (Å²) in [6, 6.07) is 10.4. The molecule has 304 valence electrons. The fourth-order valence-electron chi connectivity index (χ4n) is 8.51. The Labute approximate surface area is 329 Å². The molecule has 2 amide bonds. The summed E-state index contributed by atoms with van der Waals surface area (Å²) in [5, 5.41) is 26.9. The summed E-state index contributed by atoms with van der Waals surface area (Å²) >= 11 is 0. The minimum atomic E-state index is -1.53. The lowest BCUT2D eigenvalue weighted by atomic mass is 9.55. The summed E-state index contributed by atoms with van der Waals surface area (Å²) in [5.41, 5.74) is 2.92. The highest BCUT2D eigenvalue weighted by molar-refractivity contribution is 6.03. The molecule has 2 aromatic carbocycles. The molecule has 0 spiro atoms. The van der Waals surface area contributed by atoms with E-state index in [1.54, 1.807) is 41.3 Å². The highest BCUT2D eigenvalue weighted by Crippen LogP contribution is 2.62. The lowest BCUT2D eigenvalue weighted by Gasteiger charge is -2.59. The van der Waals surface area contributed by atoms with Crippen molar-refractivity contribution >= 4 is 17.9 Å². The number of carbonyl (C=O) groups excluding carboxylic acids is 2. The van der Waals surface area contributed by atoms with Crippen LogP contribution in [0.1, 0.15) is 75.3 Å². The van der Waals surface area contributed by atoms with Crippen molar-refractivity contribution in [3.63, 3.8) is 0 Å². The van der Waals surface area contributed by atoms with Crippen LogP contribution in [0.2, 0.25) is 0 Å². The second kappa shape index (κ2) is 20.4. The van der Waals surface area contributed by atoms with Crippen LogP contribution in [0.5, 0.6) is 11.5 Å². The van der Waals surface area contributed by atoms with Gasteiger partial charge in [-0.1, -0.05) is 48.4 Å². The highest BCUT2D eigenvalue weighted by Gasteiger charge is 2.65. The molecule has 3 N–H and O–H groups in total. The molecule has 1 saturated carbocycles. The van der Waals surface area contributed by atoms with Gasteiger partial charge in [0.1, 0.15) is 30.5 Å². The molecule has 12 nitrogen and oxygen atoms in total. The van der Waals surface area contributed by atoms with E-state index in [1.807, 2.05) is 13.0 Å². The Morgan fingerprint density at radius 1 is 1.07 bits per heavy atom. The summed E-state index contributed by atoms with van der Waals surface area (Å²) in [7, 11) is 1.48. The van der Waals surface area contributed by atoms with E-state index in [9.17, 15) is 24.2 Å². The predicted octanol–water partition coefficient (Wildman–Crippen LogP) is 7.41. The van der Waals surface area contributed by atoms with Crippen molar-refractivity contribution in [3.8, 4) is 11.5 Å². The van der Waals surface area contributed by atoms with Gasteiger partial charge in [0.25, 0.3) is 0 Å². The summed E-state index contributed by atoms with van der Waals surface area (Å²) in [6.07, 6.45) is 9.20. The maximum atomic E-state index is 14.4. The van der Waals surface area contributed by atoms with Crippen LogP contribution >= 0.6 is 0 Å². The molecule has 2 aromatic rings. The molecule has 0 radical (unpaired) electrons. The number of allylic oxidation sites excluding steroid dienone is 1. The number of nitrogens with one attached hydrogen (secondary N) is 1. The zero-order valence-electron chi connectivity index (χ0n) is 32.5. The average Bonchev–Trinajstić information content (AvgIpc) is 3.19. The van der Waals surface area contributed by atoms with Gasteiger partial charge in [-0.25, -0.2) is 14.0 Å². The van der Waals surface area contributed by atoms with E-state index in [0.29, 0.717) is 48.6 Å². The molecule has 1 aliphatic heterocycles. The first kappa shape index (κ1) is 42.4. The third-order valence-corrected chi connectivity index (χ3v) is 10.8. The molecule has 13 heteroatoms. The van der Waals surface area contributed by atoms with Crippen molar-refractivity contribution in [2.45, 2.75) is 82.6 Å². The van der Waals surface area contributed by atoms with Crippen molar-refractivity contribution in [1.82, 2.24) is 10.2 Å². The van der Waals surface area contributed by atoms with Gasteiger partial charge in [0.15, 0.2) is 0 Å². The smallest absolute Gasteiger partial charge is 0.412 e. The van der Waals surface area contributed by atoms with Crippen molar-refractivity contribution in [3.05, 3.63) is 96.4 Å². The lowest BCUT2D eigenvalue weighted by Crippen LogP contribution is -2.70. The Balaban J connectivity index is 1.77. The van der Waals surface area contributed by atoms with E-state index in [2.05, 4.69) is 29.7 Å². The summed E-state index contributed by atoms with van der Waals surface area (Å²) in [4.78, 5) is 34.1. The first-order chi connectivity index (χ1) is 27.2. The number of carbonyl (C=O) groups is 2. The fraction of sp³-hybridized carbons (Fsp3) is 0.512. The number of aliphatic hydroxyl groups excluding tert-OH is 2. The van der Waals surface area contributed by atoms with E-state index in [4.69, 9.17) is 23.8 Å². The minimum Gasteiger partial charge on any atom is -0.459 e. The second-order valence-corrected chi connectivity index (χ2v) is 14.3. The van der Waals surface area contributed by atoms with Gasteiger partial charge in [-0.05, 0) is 92.3 Å². The molecular weight excluding hydrogens is 721 g/mol. The lowest BCUT2D eigenvalue weighted by molar-refractivity contribution is -0.256. The quantitative estimate of drug-likeness (QED) is 0.0710. The third kappa shape index (κ3) is 9.62. The van der Waals surface area contributed by atoms with Gasteiger partial charge < -0.3 is 39.3 Å². The second-order valence-electron chi connectivity index (χ2n) is 14.3. The van der Waals surface area contributed by atoms with Crippen LogP contribution in [0.4, 0.5) is 14.0 Å². The first-order valence-corrected chi connectivity index (χ1v) is 19.6. The van der Waals surface area contributed by atoms with E-state index >= 15 is 0 Å². The molecule has 56 heavy (non-hydrogen) atoms. The largest absolute Gasteiger partial charge is 0.459 e. The van der Waals surface area contributed by atoms with Gasteiger partial charge in [0.05, 0.1) is 24.8 Å². The van der Waals surface area contributed by atoms with Gasteiger partial charge in [-0.2, -0.15) is 0 Å². The molecule has 1 heterocycles. The molecule has 6 atom stereocenters. The highest BCUT2D eigenvalue weighted by atomic mass is 19.1. The Hall–Kier alpha value is -4.72. The summed E-state index contributed by atoms with van der Waals surface area (Å²) in [5.74, 6) is -2.02. The SMILES string of the molecule is C=CCCOC(=O)N(Cc1ccc(F)cc1)C1CC(=NOC)C2=CC(CCCCO)C(CCCCO)C3c4cc(OC(=O)NCC)ccc4OC1(OCC=C)C23. The zero-order chi connectivity index (χ0) is 40.1. The standard InChI is InChI=1S/C43H56FN3O9/c1-5-8-24-53-42(51)47(28-29-15-17-31(44)18-16-29)38-27-36(46-52-4)34-25-30(13-9-11-21-48)33(14-10-12-22-49)39-35-26-32(55-41(50)45-7-3)19-20-37(35)56-43(38,40(34)39)54-23-6-2/h5-6,15-20,25-26,30,33,38-40,48-49H,1-2,7-14,21-24,27-28H2,3-4H3,(H,45,50). The van der Waals surface area contributed by atoms with Crippen LogP contribution in [-0.4, -0.2) is 84.9 Å². The number of oxime groups is 1. The molecular formula is C43H56FN3O9. The van der Waals surface area contributed by atoms with E-state index in [1.165, 1.54) is 19.2 Å².